The third kappa shape index (κ3) is 7.62. The average molecular weight is 353 g/mol. The Morgan fingerprint density at radius 1 is 0.800 bits per heavy atom. The van der Waals surface area contributed by atoms with Gasteiger partial charge in [-0.1, -0.05) is 54.4 Å². The van der Waals surface area contributed by atoms with E-state index in [2.05, 4.69) is 13.8 Å². The Labute approximate surface area is 153 Å². The molecule has 4 heteroatoms. The highest BCUT2D eigenvalue weighted by molar-refractivity contribution is 6.00. The Bertz CT molecular complexity index is 468. The standard InChI is InChI=1S/C21H36O4/c1-14(2)11-18(20(22)24-12-15(3)4)19(17-9-7-8-10-17)21(23)25-13-16(5)6/h14-17H,7-13H2,1-6H3. The third-order valence-electron chi connectivity index (χ3n) is 4.26. The van der Waals surface area contributed by atoms with E-state index in [1.54, 1.807) is 0 Å². The summed E-state index contributed by atoms with van der Waals surface area (Å²) in [6, 6.07) is 0. The quantitative estimate of drug-likeness (QED) is 0.437. The first kappa shape index (κ1) is 21.7. The summed E-state index contributed by atoms with van der Waals surface area (Å²) in [5.74, 6) is 0.279. The average Bonchev–Trinajstić information content (AvgIpc) is 3.03. The number of esters is 2. The van der Waals surface area contributed by atoms with Gasteiger partial charge in [0.2, 0.25) is 0 Å². The zero-order chi connectivity index (χ0) is 19.0. The van der Waals surface area contributed by atoms with E-state index in [-0.39, 0.29) is 35.6 Å². The van der Waals surface area contributed by atoms with Crippen LogP contribution in [0.3, 0.4) is 0 Å². The van der Waals surface area contributed by atoms with E-state index in [1.165, 1.54) is 0 Å². The molecule has 0 aromatic heterocycles. The number of ether oxygens (including phenoxy) is 2. The van der Waals surface area contributed by atoms with Gasteiger partial charge in [-0.15, -0.1) is 0 Å². The highest BCUT2D eigenvalue weighted by Gasteiger charge is 2.32. The van der Waals surface area contributed by atoms with E-state index in [0.29, 0.717) is 30.8 Å². The van der Waals surface area contributed by atoms with E-state index in [9.17, 15) is 9.59 Å². The lowest BCUT2D eigenvalue weighted by Gasteiger charge is -2.21. The Morgan fingerprint density at radius 3 is 1.72 bits per heavy atom. The molecule has 0 atom stereocenters. The highest BCUT2D eigenvalue weighted by atomic mass is 16.5. The van der Waals surface area contributed by atoms with Crippen LogP contribution >= 0.6 is 0 Å². The molecule has 0 heterocycles. The maximum atomic E-state index is 12.8. The molecule has 1 rings (SSSR count). The molecule has 1 fully saturated rings. The van der Waals surface area contributed by atoms with Crippen molar-refractivity contribution in [3.05, 3.63) is 11.1 Å². The van der Waals surface area contributed by atoms with Crippen molar-refractivity contribution in [2.24, 2.45) is 23.7 Å². The zero-order valence-corrected chi connectivity index (χ0v) is 16.9. The zero-order valence-electron chi connectivity index (χ0n) is 16.9. The van der Waals surface area contributed by atoms with Gasteiger partial charge in [0.15, 0.2) is 0 Å². The van der Waals surface area contributed by atoms with Gasteiger partial charge in [-0.25, -0.2) is 9.59 Å². The van der Waals surface area contributed by atoms with Gasteiger partial charge in [0.05, 0.1) is 18.8 Å². The summed E-state index contributed by atoms with van der Waals surface area (Å²) in [6.07, 6.45) is 4.65. The SMILES string of the molecule is CC(C)COC(=O)C(CC(C)C)=C(C(=O)OCC(C)C)C1CCCC1. The second kappa shape index (κ2) is 10.6. The Hall–Kier alpha value is -1.32. The molecule has 25 heavy (non-hydrogen) atoms. The second-order valence-electron chi connectivity index (χ2n) is 8.46. The first-order valence-electron chi connectivity index (χ1n) is 9.79. The molecule has 0 aromatic rings. The van der Waals surface area contributed by atoms with Crippen LogP contribution in [0, 0.1) is 23.7 Å². The van der Waals surface area contributed by atoms with Crippen molar-refractivity contribution >= 4 is 11.9 Å². The normalized spacial score (nSPS) is 16.5. The Balaban J connectivity index is 3.15. The van der Waals surface area contributed by atoms with Gasteiger partial charge < -0.3 is 9.47 Å². The van der Waals surface area contributed by atoms with Crippen LogP contribution in [-0.4, -0.2) is 25.2 Å². The molecule has 0 radical (unpaired) electrons. The van der Waals surface area contributed by atoms with Crippen LogP contribution in [0.4, 0.5) is 0 Å². The summed E-state index contributed by atoms with van der Waals surface area (Å²) in [4.78, 5) is 25.5. The van der Waals surface area contributed by atoms with E-state index in [4.69, 9.17) is 9.47 Å². The largest absolute Gasteiger partial charge is 0.462 e. The number of carbonyl (C=O) groups is 2. The minimum Gasteiger partial charge on any atom is -0.462 e. The topological polar surface area (TPSA) is 52.6 Å². The summed E-state index contributed by atoms with van der Waals surface area (Å²) < 4.78 is 11.0. The molecule has 0 amide bonds. The lowest BCUT2D eigenvalue weighted by Crippen LogP contribution is -2.24. The molecule has 0 saturated heterocycles. The predicted octanol–water partition coefficient (Wildman–Crippen LogP) is 4.92. The van der Waals surface area contributed by atoms with Gasteiger partial charge in [-0.3, -0.25) is 0 Å². The fourth-order valence-corrected chi connectivity index (χ4v) is 3.11. The molecule has 0 spiro atoms. The van der Waals surface area contributed by atoms with Crippen LogP contribution in [0.25, 0.3) is 0 Å². The molecule has 1 aliphatic rings. The van der Waals surface area contributed by atoms with Crippen LogP contribution in [0.5, 0.6) is 0 Å². The summed E-state index contributed by atoms with van der Waals surface area (Å²) in [6.45, 7) is 12.9. The van der Waals surface area contributed by atoms with Crippen molar-refractivity contribution in [3.8, 4) is 0 Å². The molecule has 1 aliphatic carbocycles. The van der Waals surface area contributed by atoms with Crippen LogP contribution in [-0.2, 0) is 19.1 Å². The van der Waals surface area contributed by atoms with Gasteiger partial charge in [0.1, 0.15) is 0 Å². The highest BCUT2D eigenvalue weighted by Crippen LogP contribution is 2.35. The first-order chi connectivity index (χ1) is 11.7. The fraction of sp³-hybridized carbons (Fsp3) is 0.810. The molecule has 4 nitrogen and oxygen atoms in total. The molecule has 144 valence electrons. The van der Waals surface area contributed by atoms with Crippen molar-refractivity contribution in [3.63, 3.8) is 0 Å². The van der Waals surface area contributed by atoms with Crippen LogP contribution in [0.1, 0.15) is 73.6 Å². The number of carbonyl (C=O) groups excluding carboxylic acids is 2. The van der Waals surface area contributed by atoms with E-state index in [0.717, 1.165) is 25.7 Å². The first-order valence-corrected chi connectivity index (χ1v) is 9.79. The minimum absolute atomic E-state index is 0.125. The summed E-state index contributed by atoms with van der Waals surface area (Å²) in [5, 5.41) is 0. The van der Waals surface area contributed by atoms with Gasteiger partial charge >= 0.3 is 11.9 Å². The molecule has 0 unspecified atom stereocenters. The Morgan fingerprint density at radius 2 is 1.28 bits per heavy atom. The van der Waals surface area contributed by atoms with Gasteiger partial charge in [-0.05, 0) is 42.9 Å². The smallest absolute Gasteiger partial charge is 0.334 e. The molecule has 1 saturated carbocycles. The lowest BCUT2D eigenvalue weighted by molar-refractivity contribution is -0.144. The third-order valence-corrected chi connectivity index (χ3v) is 4.26. The lowest BCUT2D eigenvalue weighted by atomic mass is 9.88. The predicted molar refractivity (Wildman–Crippen MR) is 100 cm³/mol. The summed E-state index contributed by atoms with van der Waals surface area (Å²) in [5.41, 5.74) is 1.12. The van der Waals surface area contributed by atoms with Crippen molar-refractivity contribution in [1.82, 2.24) is 0 Å². The van der Waals surface area contributed by atoms with Crippen LogP contribution in [0.2, 0.25) is 0 Å². The Kier molecular flexibility index (Phi) is 9.23. The van der Waals surface area contributed by atoms with E-state index < -0.39 is 0 Å². The van der Waals surface area contributed by atoms with E-state index in [1.807, 2.05) is 27.7 Å². The van der Waals surface area contributed by atoms with Crippen molar-refractivity contribution < 1.29 is 19.1 Å². The minimum atomic E-state index is -0.342. The molecule has 0 bridgehead atoms. The van der Waals surface area contributed by atoms with Gasteiger partial charge in [0, 0.05) is 5.57 Å². The fourth-order valence-electron chi connectivity index (χ4n) is 3.11. The maximum Gasteiger partial charge on any atom is 0.334 e. The maximum absolute atomic E-state index is 12.8. The second-order valence-corrected chi connectivity index (χ2v) is 8.46. The van der Waals surface area contributed by atoms with Crippen LogP contribution < -0.4 is 0 Å². The summed E-state index contributed by atoms with van der Waals surface area (Å²) >= 11 is 0. The van der Waals surface area contributed by atoms with Crippen molar-refractivity contribution in [2.45, 2.75) is 73.6 Å². The monoisotopic (exact) mass is 352 g/mol. The van der Waals surface area contributed by atoms with E-state index >= 15 is 0 Å². The molecule has 0 N–H and O–H groups in total. The van der Waals surface area contributed by atoms with Crippen LogP contribution in [0.15, 0.2) is 11.1 Å². The summed E-state index contributed by atoms with van der Waals surface area (Å²) in [7, 11) is 0. The molecular formula is C21H36O4. The van der Waals surface area contributed by atoms with Crippen molar-refractivity contribution in [1.29, 1.82) is 0 Å². The number of hydrogen-bond donors (Lipinski definition) is 0. The van der Waals surface area contributed by atoms with Gasteiger partial charge in [-0.2, -0.15) is 0 Å². The number of rotatable bonds is 9. The molecular weight excluding hydrogens is 316 g/mol. The molecule has 0 aromatic carbocycles. The molecule has 0 aliphatic heterocycles. The van der Waals surface area contributed by atoms with Gasteiger partial charge in [0.25, 0.3) is 0 Å². The van der Waals surface area contributed by atoms with Crippen molar-refractivity contribution in [2.75, 3.05) is 13.2 Å². The number of hydrogen-bond acceptors (Lipinski definition) is 4.